The smallest absolute Gasteiger partial charge is 0.174 e. The number of anilines is 1. The number of rotatable bonds is 5. The fourth-order valence-electron chi connectivity index (χ4n) is 3.18. The minimum Gasteiger partial charge on any atom is -0.390 e. The summed E-state index contributed by atoms with van der Waals surface area (Å²) in [7, 11) is 0. The van der Waals surface area contributed by atoms with Gasteiger partial charge in [0.05, 0.1) is 12.3 Å². The number of aromatic amines is 1. The molecule has 0 saturated carbocycles. The van der Waals surface area contributed by atoms with Crippen LogP contribution in [0.1, 0.15) is 11.1 Å². The molecule has 0 bridgehead atoms. The molecular formula is C17H20N6O. The van der Waals surface area contributed by atoms with Gasteiger partial charge in [0.15, 0.2) is 5.82 Å². The summed E-state index contributed by atoms with van der Waals surface area (Å²) in [5.41, 5.74) is 4.30. The lowest BCUT2D eigenvalue weighted by Crippen LogP contribution is -2.39. The Kier molecular flexibility index (Phi) is 4.10. The molecule has 3 heterocycles. The van der Waals surface area contributed by atoms with Gasteiger partial charge in [-0.2, -0.15) is 5.10 Å². The molecule has 1 aromatic carbocycles. The summed E-state index contributed by atoms with van der Waals surface area (Å²) in [6, 6.07) is 8.52. The fourth-order valence-corrected chi connectivity index (χ4v) is 3.18. The molecule has 0 radical (unpaired) electrons. The highest BCUT2D eigenvalue weighted by Crippen LogP contribution is 2.19. The minimum absolute atomic E-state index is 0.433. The van der Waals surface area contributed by atoms with Crippen molar-refractivity contribution in [3.63, 3.8) is 0 Å². The SMILES string of the molecule is O[C@H](CNc1n[nH]c2cncnc12)CN1CCc2ccccc2C1. The minimum atomic E-state index is -0.469. The number of nitrogens with zero attached hydrogens (tertiary/aromatic N) is 4. The molecule has 124 valence electrons. The van der Waals surface area contributed by atoms with Gasteiger partial charge in [-0.05, 0) is 17.5 Å². The third kappa shape index (κ3) is 3.08. The molecule has 0 saturated heterocycles. The van der Waals surface area contributed by atoms with Crippen molar-refractivity contribution in [3.8, 4) is 0 Å². The summed E-state index contributed by atoms with van der Waals surface area (Å²) in [5, 5.41) is 20.6. The summed E-state index contributed by atoms with van der Waals surface area (Å²) >= 11 is 0. The van der Waals surface area contributed by atoms with Gasteiger partial charge >= 0.3 is 0 Å². The van der Waals surface area contributed by atoms with Crippen LogP contribution in [0.5, 0.6) is 0 Å². The molecule has 7 heteroatoms. The highest BCUT2D eigenvalue weighted by Gasteiger charge is 2.18. The van der Waals surface area contributed by atoms with Crippen LogP contribution in [0, 0.1) is 0 Å². The Morgan fingerprint density at radius 2 is 2.17 bits per heavy atom. The third-order valence-corrected chi connectivity index (χ3v) is 4.41. The molecule has 0 fully saturated rings. The average molecular weight is 324 g/mol. The Balaban J connectivity index is 1.33. The first-order chi connectivity index (χ1) is 11.8. The van der Waals surface area contributed by atoms with E-state index in [1.54, 1.807) is 6.20 Å². The first-order valence-corrected chi connectivity index (χ1v) is 8.15. The van der Waals surface area contributed by atoms with E-state index in [0.29, 0.717) is 18.9 Å². The van der Waals surface area contributed by atoms with E-state index in [2.05, 4.69) is 54.6 Å². The Morgan fingerprint density at radius 3 is 3.08 bits per heavy atom. The first kappa shape index (κ1) is 15.0. The van der Waals surface area contributed by atoms with Crippen molar-refractivity contribution < 1.29 is 5.11 Å². The van der Waals surface area contributed by atoms with Crippen LogP contribution in [0.2, 0.25) is 0 Å². The van der Waals surface area contributed by atoms with Crippen molar-refractivity contribution in [1.82, 2.24) is 25.1 Å². The molecule has 0 spiro atoms. The molecule has 0 amide bonds. The van der Waals surface area contributed by atoms with Gasteiger partial charge in [0.2, 0.25) is 0 Å². The number of hydrogen-bond donors (Lipinski definition) is 3. The van der Waals surface area contributed by atoms with E-state index < -0.39 is 6.10 Å². The topological polar surface area (TPSA) is 90.0 Å². The van der Waals surface area contributed by atoms with Crippen LogP contribution in [0.4, 0.5) is 5.82 Å². The third-order valence-electron chi connectivity index (χ3n) is 4.41. The molecule has 24 heavy (non-hydrogen) atoms. The predicted octanol–water partition coefficient (Wildman–Crippen LogP) is 1.18. The molecule has 1 aliphatic heterocycles. The van der Waals surface area contributed by atoms with Crippen LogP contribution in [-0.4, -0.2) is 55.9 Å². The zero-order chi connectivity index (χ0) is 16.4. The van der Waals surface area contributed by atoms with E-state index in [4.69, 9.17) is 0 Å². The van der Waals surface area contributed by atoms with Crippen LogP contribution < -0.4 is 5.32 Å². The van der Waals surface area contributed by atoms with E-state index in [9.17, 15) is 5.11 Å². The monoisotopic (exact) mass is 324 g/mol. The zero-order valence-electron chi connectivity index (χ0n) is 13.3. The number of aliphatic hydroxyl groups excluding tert-OH is 1. The van der Waals surface area contributed by atoms with E-state index in [-0.39, 0.29) is 0 Å². The van der Waals surface area contributed by atoms with Crippen molar-refractivity contribution in [2.45, 2.75) is 19.1 Å². The van der Waals surface area contributed by atoms with E-state index in [1.807, 2.05) is 0 Å². The highest BCUT2D eigenvalue weighted by atomic mass is 16.3. The molecule has 0 unspecified atom stereocenters. The van der Waals surface area contributed by atoms with Gasteiger partial charge in [-0.3, -0.25) is 10.00 Å². The van der Waals surface area contributed by atoms with Crippen LogP contribution in [0.15, 0.2) is 36.8 Å². The van der Waals surface area contributed by atoms with Crippen LogP contribution in [-0.2, 0) is 13.0 Å². The number of hydrogen-bond acceptors (Lipinski definition) is 6. The number of β-amino-alcohol motifs (C(OH)–C–C–N with tert-alkyl or cyclic N) is 1. The summed E-state index contributed by atoms with van der Waals surface area (Å²) in [6.07, 6.45) is 3.74. The zero-order valence-corrected chi connectivity index (χ0v) is 13.3. The number of nitrogens with one attached hydrogen (secondary N) is 2. The Labute approximate surface area is 139 Å². The fraction of sp³-hybridized carbons (Fsp3) is 0.353. The maximum Gasteiger partial charge on any atom is 0.174 e. The number of aliphatic hydroxyl groups is 1. The van der Waals surface area contributed by atoms with E-state index >= 15 is 0 Å². The summed E-state index contributed by atoms with van der Waals surface area (Å²) in [4.78, 5) is 10.4. The lowest BCUT2D eigenvalue weighted by atomic mass is 10.00. The lowest BCUT2D eigenvalue weighted by Gasteiger charge is -2.30. The summed E-state index contributed by atoms with van der Waals surface area (Å²) in [6.45, 7) is 2.94. The molecule has 4 rings (SSSR count). The molecule has 3 aromatic rings. The highest BCUT2D eigenvalue weighted by molar-refractivity contribution is 5.84. The van der Waals surface area contributed by atoms with E-state index in [0.717, 1.165) is 30.5 Å². The molecule has 2 aromatic heterocycles. The van der Waals surface area contributed by atoms with Gasteiger partial charge in [0, 0.05) is 26.2 Å². The molecule has 0 aliphatic carbocycles. The van der Waals surface area contributed by atoms with Crippen molar-refractivity contribution in [2.24, 2.45) is 0 Å². The predicted molar refractivity (Wildman–Crippen MR) is 91.6 cm³/mol. The number of H-pyrrole nitrogens is 1. The Bertz CT molecular complexity index is 833. The van der Waals surface area contributed by atoms with Crippen molar-refractivity contribution in [3.05, 3.63) is 47.9 Å². The number of aromatic nitrogens is 4. The summed E-state index contributed by atoms with van der Waals surface area (Å²) in [5.74, 6) is 0.649. The van der Waals surface area contributed by atoms with Crippen LogP contribution in [0.25, 0.3) is 11.0 Å². The van der Waals surface area contributed by atoms with Crippen molar-refractivity contribution >= 4 is 16.9 Å². The normalized spacial score (nSPS) is 16.0. The second-order valence-electron chi connectivity index (χ2n) is 6.15. The van der Waals surface area contributed by atoms with Crippen molar-refractivity contribution in [1.29, 1.82) is 0 Å². The van der Waals surface area contributed by atoms with Gasteiger partial charge in [0.25, 0.3) is 0 Å². The Hall–Kier alpha value is -2.51. The second-order valence-corrected chi connectivity index (χ2v) is 6.15. The standard InChI is InChI=1S/C17H20N6O/c24-14(7-19-17-16-15(21-22-17)8-18-11-20-16)10-23-6-5-12-3-1-2-4-13(12)9-23/h1-4,8,11,14,24H,5-7,9-10H2,(H2,19,21,22)/t14-/m1/s1. The van der Waals surface area contributed by atoms with Gasteiger partial charge in [-0.15, -0.1) is 0 Å². The lowest BCUT2D eigenvalue weighted by molar-refractivity contribution is 0.114. The number of fused-ring (bicyclic) bond motifs is 2. The first-order valence-electron chi connectivity index (χ1n) is 8.15. The second kappa shape index (κ2) is 6.54. The van der Waals surface area contributed by atoms with Gasteiger partial charge in [-0.1, -0.05) is 24.3 Å². The summed E-state index contributed by atoms with van der Waals surface area (Å²) < 4.78 is 0. The molecule has 1 aliphatic rings. The maximum atomic E-state index is 10.3. The van der Waals surface area contributed by atoms with E-state index in [1.165, 1.54) is 17.5 Å². The average Bonchev–Trinajstić information content (AvgIpc) is 3.03. The van der Waals surface area contributed by atoms with Crippen LogP contribution >= 0.6 is 0 Å². The molecular weight excluding hydrogens is 304 g/mol. The van der Waals surface area contributed by atoms with Crippen molar-refractivity contribution in [2.75, 3.05) is 25.0 Å². The molecule has 1 atom stereocenters. The van der Waals surface area contributed by atoms with Gasteiger partial charge < -0.3 is 10.4 Å². The molecule has 7 nitrogen and oxygen atoms in total. The Morgan fingerprint density at radius 1 is 1.29 bits per heavy atom. The number of benzene rings is 1. The van der Waals surface area contributed by atoms with Gasteiger partial charge in [0.1, 0.15) is 17.4 Å². The van der Waals surface area contributed by atoms with Crippen LogP contribution in [0.3, 0.4) is 0 Å². The largest absolute Gasteiger partial charge is 0.390 e. The maximum absolute atomic E-state index is 10.3. The quantitative estimate of drug-likeness (QED) is 0.653. The molecule has 3 N–H and O–H groups in total. The van der Waals surface area contributed by atoms with Gasteiger partial charge in [-0.25, -0.2) is 9.97 Å².